The summed E-state index contributed by atoms with van der Waals surface area (Å²) in [6.45, 7) is 4.99. The Hall–Kier alpha value is -1.75. The van der Waals surface area contributed by atoms with Gasteiger partial charge >= 0.3 is 0 Å². The van der Waals surface area contributed by atoms with Gasteiger partial charge in [-0.2, -0.15) is 0 Å². The standard InChI is InChI=1S/C16H24N4O/c1-3-10-21-14-8-4-7-13-15(14)18-16(17)20(13)12-6-5-9-19(2)11-12/h4,7-8,12H,3,5-6,9-11H2,1-2H3,(H2,17,18). The van der Waals surface area contributed by atoms with E-state index in [0.29, 0.717) is 18.6 Å². The van der Waals surface area contributed by atoms with Gasteiger partial charge < -0.3 is 19.9 Å². The first-order valence-electron chi connectivity index (χ1n) is 7.78. The van der Waals surface area contributed by atoms with Crippen molar-refractivity contribution in [2.24, 2.45) is 0 Å². The molecule has 0 aliphatic carbocycles. The predicted molar refractivity (Wildman–Crippen MR) is 85.7 cm³/mol. The number of likely N-dealkylation sites (N-methyl/N-ethyl adjacent to an activating group) is 1. The molecule has 2 N–H and O–H groups in total. The van der Waals surface area contributed by atoms with Crippen molar-refractivity contribution in [1.29, 1.82) is 0 Å². The van der Waals surface area contributed by atoms with Crippen molar-refractivity contribution in [3.63, 3.8) is 0 Å². The van der Waals surface area contributed by atoms with E-state index in [1.54, 1.807) is 0 Å². The van der Waals surface area contributed by atoms with E-state index >= 15 is 0 Å². The monoisotopic (exact) mass is 288 g/mol. The molecule has 1 aromatic carbocycles. The molecular weight excluding hydrogens is 264 g/mol. The largest absolute Gasteiger partial charge is 0.491 e. The van der Waals surface area contributed by atoms with Gasteiger partial charge in [-0.1, -0.05) is 13.0 Å². The summed E-state index contributed by atoms with van der Waals surface area (Å²) in [6, 6.07) is 6.49. The summed E-state index contributed by atoms with van der Waals surface area (Å²) in [5.74, 6) is 1.43. The highest BCUT2D eigenvalue weighted by atomic mass is 16.5. The summed E-state index contributed by atoms with van der Waals surface area (Å²) < 4.78 is 7.99. The fourth-order valence-electron chi connectivity index (χ4n) is 3.17. The molecular formula is C16H24N4O. The molecule has 3 rings (SSSR count). The maximum atomic E-state index is 6.20. The molecule has 0 radical (unpaired) electrons. The summed E-state index contributed by atoms with van der Waals surface area (Å²) >= 11 is 0. The van der Waals surface area contributed by atoms with Crippen LogP contribution in [0.15, 0.2) is 18.2 Å². The molecule has 1 atom stereocenters. The highest BCUT2D eigenvalue weighted by Crippen LogP contribution is 2.32. The van der Waals surface area contributed by atoms with Crippen LogP contribution in [-0.4, -0.2) is 41.2 Å². The molecule has 0 saturated carbocycles. The number of imidazole rings is 1. The fraction of sp³-hybridized carbons (Fsp3) is 0.562. The van der Waals surface area contributed by atoms with Crippen LogP contribution in [0.2, 0.25) is 0 Å². The van der Waals surface area contributed by atoms with Gasteiger partial charge in [0.25, 0.3) is 0 Å². The summed E-state index contributed by atoms with van der Waals surface area (Å²) in [5.41, 5.74) is 8.18. The molecule has 1 unspecified atom stereocenters. The van der Waals surface area contributed by atoms with Crippen molar-refractivity contribution in [3.8, 4) is 5.75 Å². The van der Waals surface area contributed by atoms with E-state index in [1.807, 2.05) is 12.1 Å². The average Bonchev–Trinajstić information content (AvgIpc) is 2.81. The van der Waals surface area contributed by atoms with E-state index < -0.39 is 0 Å². The third-order valence-electron chi connectivity index (χ3n) is 4.14. The minimum atomic E-state index is 0.398. The van der Waals surface area contributed by atoms with Crippen molar-refractivity contribution in [2.75, 3.05) is 32.5 Å². The number of nitrogens with two attached hydrogens (primary N) is 1. The van der Waals surface area contributed by atoms with Gasteiger partial charge in [-0.25, -0.2) is 4.98 Å². The number of piperidine rings is 1. The molecule has 0 amide bonds. The summed E-state index contributed by atoms with van der Waals surface area (Å²) in [7, 11) is 2.16. The first kappa shape index (κ1) is 14.2. The number of benzene rings is 1. The van der Waals surface area contributed by atoms with Gasteiger partial charge in [0.1, 0.15) is 11.3 Å². The van der Waals surface area contributed by atoms with E-state index in [4.69, 9.17) is 10.5 Å². The number of para-hydroxylation sites is 1. The van der Waals surface area contributed by atoms with Gasteiger partial charge in [0.15, 0.2) is 0 Å². The minimum absolute atomic E-state index is 0.398. The fourth-order valence-corrected chi connectivity index (χ4v) is 3.17. The first-order chi connectivity index (χ1) is 10.2. The molecule has 0 spiro atoms. The number of hydrogen-bond acceptors (Lipinski definition) is 4. The number of hydrogen-bond donors (Lipinski definition) is 1. The number of rotatable bonds is 4. The Balaban J connectivity index is 2.01. The molecule has 21 heavy (non-hydrogen) atoms. The van der Waals surface area contributed by atoms with Gasteiger partial charge in [0.05, 0.1) is 12.1 Å². The van der Waals surface area contributed by atoms with Gasteiger partial charge in [0.2, 0.25) is 5.95 Å². The Morgan fingerprint density at radius 2 is 2.29 bits per heavy atom. The number of aromatic nitrogens is 2. The zero-order valence-electron chi connectivity index (χ0n) is 12.9. The zero-order chi connectivity index (χ0) is 14.8. The van der Waals surface area contributed by atoms with Gasteiger partial charge in [0, 0.05) is 12.6 Å². The number of likely N-dealkylation sites (tertiary alicyclic amines) is 1. The predicted octanol–water partition coefficient (Wildman–Crippen LogP) is 2.67. The number of anilines is 1. The molecule has 2 aromatic rings. The van der Waals surface area contributed by atoms with Gasteiger partial charge in [-0.05, 0) is 45.0 Å². The molecule has 114 valence electrons. The third kappa shape index (κ3) is 2.70. The van der Waals surface area contributed by atoms with Crippen molar-refractivity contribution in [3.05, 3.63) is 18.2 Å². The van der Waals surface area contributed by atoms with Gasteiger partial charge in [-0.15, -0.1) is 0 Å². The SMILES string of the molecule is CCCOc1cccc2c1nc(N)n2C1CCCN(C)C1. The zero-order valence-corrected chi connectivity index (χ0v) is 12.9. The molecule has 1 aliphatic heterocycles. The minimum Gasteiger partial charge on any atom is -0.491 e. The number of fused-ring (bicyclic) bond motifs is 1. The van der Waals surface area contributed by atoms with Crippen LogP contribution in [-0.2, 0) is 0 Å². The first-order valence-corrected chi connectivity index (χ1v) is 7.78. The molecule has 1 fully saturated rings. The van der Waals surface area contributed by atoms with Crippen LogP contribution in [0.25, 0.3) is 11.0 Å². The summed E-state index contributed by atoms with van der Waals surface area (Å²) in [6.07, 6.45) is 3.34. The van der Waals surface area contributed by atoms with Crippen LogP contribution in [0.5, 0.6) is 5.75 Å². The number of nitrogens with zero attached hydrogens (tertiary/aromatic N) is 3. The van der Waals surface area contributed by atoms with E-state index in [-0.39, 0.29) is 0 Å². The van der Waals surface area contributed by atoms with Crippen molar-refractivity contribution in [1.82, 2.24) is 14.5 Å². The van der Waals surface area contributed by atoms with Gasteiger partial charge in [-0.3, -0.25) is 0 Å². The lowest BCUT2D eigenvalue weighted by Gasteiger charge is -2.31. The Labute approximate surface area is 125 Å². The van der Waals surface area contributed by atoms with Crippen LogP contribution in [0.4, 0.5) is 5.95 Å². The van der Waals surface area contributed by atoms with Crippen molar-refractivity contribution < 1.29 is 4.74 Å². The maximum Gasteiger partial charge on any atom is 0.201 e. The topological polar surface area (TPSA) is 56.3 Å². The maximum absolute atomic E-state index is 6.20. The molecule has 1 aromatic heterocycles. The second kappa shape index (κ2) is 5.93. The lowest BCUT2D eigenvalue weighted by molar-refractivity contribution is 0.216. The van der Waals surface area contributed by atoms with Crippen molar-refractivity contribution in [2.45, 2.75) is 32.2 Å². The Morgan fingerprint density at radius 1 is 1.43 bits per heavy atom. The van der Waals surface area contributed by atoms with Crippen LogP contribution in [0.3, 0.4) is 0 Å². The van der Waals surface area contributed by atoms with E-state index in [2.05, 4.69) is 34.5 Å². The second-order valence-corrected chi connectivity index (χ2v) is 5.87. The number of ether oxygens (including phenoxy) is 1. The number of nitrogen functional groups attached to an aromatic ring is 1. The Kier molecular flexibility index (Phi) is 4.01. The van der Waals surface area contributed by atoms with Crippen LogP contribution < -0.4 is 10.5 Å². The quantitative estimate of drug-likeness (QED) is 0.939. The molecule has 1 aliphatic rings. The van der Waals surface area contributed by atoms with Crippen LogP contribution in [0.1, 0.15) is 32.2 Å². The lowest BCUT2D eigenvalue weighted by atomic mass is 10.1. The molecule has 0 bridgehead atoms. The molecule has 2 heterocycles. The van der Waals surface area contributed by atoms with Crippen LogP contribution >= 0.6 is 0 Å². The Bertz CT molecular complexity index is 622. The Morgan fingerprint density at radius 3 is 3.05 bits per heavy atom. The molecule has 5 heteroatoms. The smallest absolute Gasteiger partial charge is 0.201 e. The van der Waals surface area contributed by atoms with E-state index in [0.717, 1.165) is 42.7 Å². The normalized spacial score (nSPS) is 20.0. The summed E-state index contributed by atoms with van der Waals surface area (Å²) in [4.78, 5) is 6.92. The van der Waals surface area contributed by atoms with Crippen molar-refractivity contribution >= 4 is 17.0 Å². The average molecular weight is 288 g/mol. The summed E-state index contributed by atoms with van der Waals surface area (Å²) in [5, 5.41) is 0. The second-order valence-electron chi connectivity index (χ2n) is 5.87. The van der Waals surface area contributed by atoms with Crippen LogP contribution in [0, 0.1) is 0 Å². The molecule has 1 saturated heterocycles. The van der Waals surface area contributed by atoms with E-state index in [9.17, 15) is 0 Å². The third-order valence-corrected chi connectivity index (χ3v) is 4.14. The lowest BCUT2D eigenvalue weighted by Crippen LogP contribution is -2.33. The highest BCUT2D eigenvalue weighted by Gasteiger charge is 2.23. The molecule has 5 nitrogen and oxygen atoms in total. The van der Waals surface area contributed by atoms with E-state index in [1.165, 1.54) is 6.42 Å². The highest BCUT2D eigenvalue weighted by molar-refractivity contribution is 5.84.